The van der Waals surface area contributed by atoms with Crippen LogP contribution in [-0.4, -0.2) is 18.2 Å². The third kappa shape index (κ3) is 1.91. The molecule has 0 saturated carbocycles. The van der Waals surface area contributed by atoms with Gasteiger partial charge in [0.1, 0.15) is 0 Å². The fourth-order valence-corrected chi connectivity index (χ4v) is 1.20. The van der Waals surface area contributed by atoms with Crippen LogP contribution < -0.4 is 4.74 Å². The van der Waals surface area contributed by atoms with E-state index in [-0.39, 0.29) is 11.3 Å². The maximum absolute atomic E-state index is 13.7. The van der Waals surface area contributed by atoms with Gasteiger partial charge < -0.3 is 9.84 Å². The molecule has 1 aromatic carbocycles. The van der Waals surface area contributed by atoms with Crippen molar-refractivity contribution in [1.82, 2.24) is 0 Å². The van der Waals surface area contributed by atoms with Crippen LogP contribution in [0.1, 0.15) is 12.5 Å². The molecule has 15 heavy (non-hydrogen) atoms. The number of carboxylic acids is 1. The molecule has 1 N–H and O–H groups in total. The zero-order valence-corrected chi connectivity index (χ0v) is 8.25. The topological polar surface area (TPSA) is 46.5 Å². The Morgan fingerprint density at radius 3 is 2.60 bits per heavy atom. The minimum atomic E-state index is -2.67. The lowest BCUT2D eigenvalue weighted by Gasteiger charge is -2.18. The lowest BCUT2D eigenvalue weighted by Crippen LogP contribution is -2.27. The first-order chi connectivity index (χ1) is 6.91. The maximum Gasteiger partial charge on any atom is 0.346 e. The van der Waals surface area contributed by atoms with E-state index in [0.29, 0.717) is 0 Å². The van der Waals surface area contributed by atoms with E-state index in [9.17, 15) is 13.6 Å². The monoisotopic (exact) mass is 216 g/mol. The molecule has 0 bridgehead atoms. The van der Waals surface area contributed by atoms with Crippen LogP contribution in [0.5, 0.6) is 5.75 Å². The highest BCUT2D eigenvalue weighted by Crippen LogP contribution is 2.34. The highest BCUT2D eigenvalue weighted by molar-refractivity contribution is 5.79. The molecule has 0 aromatic heterocycles. The van der Waals surface area contributed by atoms with E-state index in [4.69, 9.17) is 5.11 Å². The second-order valence-corrected chi connectivity index (χ2v) is 3.13. The average molecular weight is 216 g/mol. The Balaban J connectivity index is 3.37. The third-order valence-electron chi connectivity index (χ3n) is 2.08. The summed E-state index contributed by atoms with van der Waals surface area (Å²) >= 11 is 0. The average Bonchev–Trinajstić information content (AvgIpc) is 2.17. The normalized spacial score (nSPS) is 14.4. The number of carboxylic acid groups (broad SMARTS) is 1. The number of hydrogen-bond acceptors (Lipinski definition) is 2. The van der Waals surface area contributed by atoms with Crippen LogP contribution in [0, 0.1) is 5.82 Å². The summed E-state index contributed by atoms with van der Waals surface area (Å²) in [6.45, 7) is 0.840. The molecule has 1 unspecified atom stereocenters. The Kier molecular flexibility index (Phi) is 2.93. The summed E-state index contributed by atoms with van der Waals surface area (Å²) in [5.74, 6) is -2.86. The first kappa shape index (κ1) is 11.4. The van der Waals surface area contributed by atoms with Crippen molar-refractivity contribution in [1.29, 1.82) is 0 Å². The summed E-state index contributed by atoms with van der Waals surface area (Å²) in [7, 11) is 1.15. The molecule has 0 heterocycles. The fraction of sp³-hybridized carbons (Fsp3) is 0.300. The van der Waals surface area contributed by atoms with Crippen molar-refractivity contribution >= 4 is 5.97 Å². The standard InChI is InChI=1S/C10H10F2O3/c1-10(12,9(13)14)6-4-3-5-7(11)8(6)15-2/h3-5H,1-2H3,(H,13,14). The molecule has 0 saturated heterocycles. The number of alkyl halides is 1. The lowest BCUT2D eigenvalue weighted by atomic mass is 9.97. The molecular formula is C10H10F2O3. The Bertz CT molecular complexity index is 388. The minimum Gasteiger partial charge on any atom is -0.493 e. The molecule has 5 heteroatoms. The molecule has 0 aliphatic rings. The number of hydrogen-bond donors (Lipinski definition) is 1. The van der Waals surface area contributed by atoms with Gasteiger partial charge in [0.15, 0.2) is 11.6 Å². The van der Waals surface area contributed by atoms with Gasteiger partial charge in [-0.25, -0.2) is 13.6 Å². The summed E-state index contributed by atoms with van der Waals surface area (Å²) in [6.07, 6.45) is 0. The quantitative estimate of drug-likeness (QED) is 0.841. The number of carbonyl (C=O) groups is 1. The Morgan fingerprint density at radius 2 is 2.13 bits per heavy atom. The van der Waals surface area contributed by atoms with Gasteiger partial charge >= 0.3 is 5.97 Å². The summed E-state index contributed by atoms with van der Waals surface area (Å²) in [4.78, 5) is 10.6. The summed E-state index contributed by atoms with van der Waals surface area (Å²) in [5.41, 5.74) is -3.01. The molecule has 0 amide bonds. The second-order valence-electron chi connectivity index (χ2n) is 3.13. The predicted octanol–water partition coefficient (Wildman–Crippen LogP) is 2.10. The Labute approximate surface area is 85.3 Å². The van der Waals surface area contributed by atoms with Gasteiger partial charge in [0.05, 0.1) is 7.11 Å². The molecule has 0 aliphatic carbocycles. The molecule has 0 fully saturated rings. The molecule has 3 nitrogen and oxygen atoms in total. The van der Waals surface area contributed by atoms with Gasteiger partial charge in [-0.1, -0.05) is 12.1 Å². The van der Waals surface area contributed by atoms with Gasteiger partial charge in [-0.15, -0.1) is 0 Å². The molecular weight excluding hydrogens is 206 g/mol. The van der Waals surface area contributed by atoms with Crippen LogP contribution in [0.25, 0.3) is 0 Å². The summed E-state index contributed by atoms with van der Waals surface area (Å²) < 4.78 is 31.5. The highest BCUT2D eigenvalue weighted by Gasteiger charge is 2.38. The Hall–Kier alpha value is -1.65. The van der Waals surface area contributed by atoms with Crippen molar-refractivity contribution in [2.24, 2.45) is 0 Å². The minimum absolute atomic E-state index is 0.336. The largest absolute Gasteiger partial charge is 0.493 e. The van der Waals surface area contributed by atoms with E-state index in [1.807, 2.05) is 0 Å². The van der Waals surface area contributed by atoms with Crippen LogP contribution in [0.15, 0.2) is 18.2 Å². The zero-order chi connectivity index (χ0) is 11.6. The van der Waals surface area contributed by atoms with E-state index in [2.05, 4.69) is 4.74 Å². The van der Waals surface area contributed by atoms with Gasteiger partial charge in [0.25, 0.3) is 0 Å². The lowest BCUT2D eigenvalue weighted by molar-refractivity contribution is -0.150. The van der Waals surface area contributed by atoms with E-state index >= 15 is 0 Å². The van der Waals surface area contributed by atoms with Gasteiger partial charge in [0.2, 0.25) is 5.67 Å². The van der Waals surface area contributed by atoms with Crippen LogP contribution in [0.3, 0.4) is 0 Å². The van der Waals surface area contributed by atoms with Gasteiger partial charge in [0, 0.05) is 5.56 Å². The second kappa shape index (κ2) is 3.84. The molecule has 1 aromatic rings. The SMILES string of the molecule is COc1c(F)cccc1C(C)(F)C(=O)O. The third-order valence-corrected chi connectivity index (χ3v) is 2.08. The fourth-order valence-electron chi connectivity index (χ4n) is 1.20. The first-order valence-electron chi connectivity index (χ1n) is 4.16. The van der Waals surface area contributed by atoms with Crippen molar-refractivity contribution in [3.8, 4) is 5.75 Å². The van der Waals surface area contributed by atoms with E-state index < -0.39 is 17.5 Å². The van der Waals surface area contributed by atoms with Gasteiger partial charge in [-0.05, 0) is 13.0 Å². The molecule has 82 valence electrons. The van der Waals surface area contributed by atoms with E-state index in [1.54, 1.807) is 0 Å². The van der Waals surface area contributed by atoms with Crippen LogP contribution in [0.4, 0.5) is 8.78 Å². The van der Waals surface area contributed by atoms with Gasteiger partial charge in [-0.2, -0.15) is 0 Å². The molecule has 0 spiro atoms. The first-order valence-corrected chi connectivity index (χ1v) is 4.16. The van der Waals surface area contributed by atoms with Crippen molar-refractivity contribution in [2.75, 3.05) is 7.11 Å². The van der Waals surface area contributed by atoms with E-state index in [1.165, 1.54) is 12.1 Å². The van der Waals surface area contributed by atoms with Crippen LogP contribution in [-0.2, 0) is 10.5 Å². The van der Waals surface area contributed by atoms with Crippen molar-refractivity contribution in [3.05, 3.63) is 29.6 Å². The molecule has 1 rings (SSSR count). The highest BCUT2D eigenvalue weighted by atomic mass is 19.1. The van der Waals surface area contributed by atoms with E-state index in [0.717, 1.165) is 20.1 Å². The number of ether oxygens (including phenoxy) is 1. The smallest absolute Gasteiger partial charge is 0.346 e. The van der Waals surface area contributed by atoms with Crippen molar-refractivity contribution in [2.45, 2.75) is 12.6 Å². The predicted molar refractivity (Wildman–Crippen MR) is 49.0 cm³/mol. The molecule has 1 atom stereocenters. The number of methoxy groups -OCH3 is 1. The zero-order valence-electron chi connectivity index (χ0n) is 8.25. The van der Waals surface area contributed by atoms with Crippen LogP contribution in [0.2, 0.25) is 0 Å². The van der Waals surface area contributed by atoms with Gasteiger partial charge in [-0.3, -0.25) is 0 Å². The number of aliphatic carboxylic acids is 1. The summed E-state index contributed by atoms with van der Waals surface area (Å²) in [5, 5.41) is 8.65. The Morgan fingerprint density at radius 1 is 1.53 bits per heavy atom. The molecule has 0 aliphatic heterocycles. The number of benzene rings is 1. The maximum atomic E-state index is 13.7. The number of rotatable bonds is 3. The van der Waals surface area contributed by atoms with Crippen molar-refractivity contribution in [3.63, 3.8) is 0 Å². The van der Waals surface area contributed by atoms with Crippen molar-refractivity contribution < 1.29 is 23.4 Å². The van der Waals surface area contributed by atoms with Crippen LogP contribution >= 0.6 is 0 Å². The molecule has 0 radical (unpaired) electrons. The summed E-state index contributed by atoms with van der Waals surface area (Å²) in [6, 6.07) is 3.48. The number of halogens is 2. The number of para-hydroxylation sites is 1.